The van der Waals surface area contributed by atoms with E-state index in [0.29, 0.717) is 17.5 Å². The van der Waals surface area contributed by atoms with Crippen molar-refractivity contribution in [2.24, 2.45) is 0 Å². The number of aromatic nitrogens is 4. The molecule has 0 atom stereocenters. The van der Waals surface area contributed by atoms with Gasteiger partial charge in [-0.2, -0.15) is 0 Å². The average molecular weight is 665 g/mol. The highest BCUT2D eigenvalue weighted by Gasteiger charge is 2.22. The maximum absolute atomic E-state index is 6.83. The number of hydrogen-bond donors (Lipinski definition) is 0. The lowest BCUT2D eigenvalue weighted by atomic mass is 10.0. The van der Waals surface area contributed by atoms with Crippen LogP contribution >= 0.6 is 0 Å². The minimum atomic E-state index is 0.550. The Morgan fingerprint density at radius 3 is 1.60 bits per heavy atom. The summed E-state index contributed by atoms with van der Waals surface area (Å²) in [5, 5.41) is 9.15. The maximum Gasteiger partial charge on any atom is 0.167 e. The Morgan fingerprint density at radius 1 is 0.385 bits per heavy atom. The van der Waals surface area contributed by atoms with Crippen molar-refractivity contribution in [3.63, 3.8) is 0 Å². The normalized spacial score (nSPS) is 11.8. The van der Waals surface area contributed by atoms with Crippen LogP contribution in [-0.4, -0.2) is 19.5 Å². The lowest BCUT2D eigenvalue weighted by molar-refractivity contribution is 0.670. The monoisotopic (exact) mass is 664 g/mol. The molecule has 3 aromatic heterocycles. The molecule has 0 saturated carbocycles. The summed E-state index contributed by atoms with van der Waals surface area (Å²) < 4.78 is 9.20. The smallest absolute Gasteiger partial charge is 0.167 e. The molecule has 0 saturated heterocycles. The number of furan rings is 1. The number of para-hydroxylation sites is 1. The van der Waals surface area contributed by atoms with Gasteiger partial charge in [0.2, 0.25) is 0 Å². The van der Waals surface area contributed by atoms with Crippen molar-refractivity contribution >= 4 is 65.3 Å². The molecular formula is C47H28N4O. The molecular weight excluding hydrogens is 637 g/mol. The van der Waals surface area contributed by atoms with Gasteiger partial charge in [-0.05, 0) is 64.0 Å². The quantitative estimate of drug-likeness (QED) is 0.188. The van der Waals surface area contributed by atoms with Gasteiger partial charge in [0, 0.05) is 38.4 Å². The number of benzene rings is 8. The molecule has 52 heavy (non-hydrogen) atoms. The van der Waals surface area contributed by atoms with Crippen LogP contribution in [0.25, 0.3) is 105 Å². The lowest BCUT2D eigenvalue weighted by Gasteiger charge is -2.13. The second-order valence-electron chi connectivity index (χ2n) is 13.3. The predicted molar refractivity (Wildman–Crippen MR) is 213 cm³/mol. The molecule has 0 radical (unpaired) electrons. The van der Waals surface area contributed by atoms with E-state index >= 15 is 0 Å². The summed E-state index contributed by atoms with van der Waals surface area (Å²) >= 11 is 0. The van der Waals surface area contributed by atoms with E-state index in [4.69, 9.17) is 19.4 Å². The zero-order valence-corrected chi connectivity index (χ0v) is 27.9. The Labute approximate surface area is 298 Å². The van der Waals surface area contributed by atoms with Crippen LogP contribution < -0.4 is 0 Å². The lowest BCUT2D eigenvalue weighted by Crippen LogP contribution is -2.01. The Bertz CT molecular complexity index is 3120. The SMILES string of the molecule is c1ccc(-c2nc(-c3ccccc3)nc(-c3cc(-n4c5ccccc5c5cc6ccccc6cc54)cc4c3oc3cc5ccccc5cc34)n2)cc1. The van der Waals surface area contributed by atoms with Gasteiger partial charge in [-0.15, -0.1) is 0 Å². The standard InChI is InChI=1S/C47H28N4O/c1-3-13-29(14-4-1)45-48-46(30-15-5-2-6-16-30)50-47(49-45)40-28-35(27-39-38-24-32-18-8-10-20-34(32)26-43(38)52-44(39)40)51-41-22-12-11-21-36(41)37-23-31-17-7-9-19-33(31)25-42(37)51/h1-28H. The molecule has 5 heteroatoms. The van der Waals surface area contributed by atoms with Crippen molar-refractivity contribution in [2.75, 3.05) is 0 Å². The summed E-state index contributed by atoms with van der Waals surface area (Å²) in [6.45, 7) is 0. The van der Waals surface area contributed by atoms with Crippen LogP contribution in [0.3, 0.4) is 0 Å². The van der Waals surface area contributed by atoms with E-state index in [1.807, 2.05) is 60.7 Å². The average Bonchev–Trinajstić information content (AvgIpc) is 3.73. The summed E-state index contributed by atoms with van der Waals surface area (Å²) in [6.07, 6.45) is 0. The first-order valence-electron chi connectivity index (χ1n) is 17.4. The van der Waals surface area contributed by atoms with Gasteiger partial charge in [-0.25, -0.2) is 15.0 Å². The van der Waals surface area contributed by atoms with Gasteiger partial charge < -0.3 is 8.98 Å². The summed E-state index contributed by atoms with van der Waals surface area (Å²) in [5.41, 5.74) is 7.46. The molecule has 0 fully saturated rings. The van der Waals surface area contributed by atoms with Crippen LogP contribution in [0, 0.1) is 0 Å². The van der Waals surface area contributed by atoms with Crippen molar-refractivity contribution in [3.05, 3.63) is 170 Å². The van der Waals surface area contributed by atoms with E-state index in [1.165, 1.54) is 21.5 Å². The Hall–Kier alpha value is -7.11. The Kier molecular flexibility index (Phi) is 6.18. The first-order chi connectivity index (χ1) is 25.7. The number of hydrogen-bond acceptors (Lipinski definition) is 4. The maximum atomic E-state index is 6.83. The zero-order valence-electron chi connectivity index (χ0n) is 27.9. The molecule has 0 spiro atoms. The van der Waals surface area contributed by atoms with E-state index in [-0.39, 0.29) is 0 Å². The predicted octanol–water partition coefficient (Wildman–Crippen LogP) is 12.2. The highest BCUT2D eigenvalue weighted by atomic mass is 16.3. The summed E-state index contributed by atoms with van der Waals surface area (Å²) in [4.78, 5) is 15.3. The zero-order chi connectivity index (χ0) is 34.2. The molecule has 0 aliphatic heterocycles. The minimum Gasteiger partial charge on any atom is -0.455 e. The molecule has 0 aliphatic rings. The van der Waals surface area contributed by atoms with Crippen molar-refractivity contribution in [1.29, 1.82) is 0 Å². The fourth-order valence-corrected chi connectivity index (χ4v) is 7.71. The van der Waals surface area contributed by atoms with Crippen LogP contribution in [0.15, 0.2) is 174 Å². The fraction of sp³-hybridized carbons (Fsp3) is 0. The molecule has 5 nitrogen and oxygen atoms in total. The van der Waals surface area contributed by atoms with Crippen LogP contribution in [-0.2, 0) is 0 Å². The molecule has 0 aliphatic carbocycles. The van der Waals surface area contributed by atoms with Crippen LogP contribution in [0.1, 0.15) is 0 Å². The van der Waals surface area contributed by atoms with Gasteiger partial charge in [0.15, 0.2) is 17.5 Å². The number of fused-ring (bicyclic) bond motifs is 8. The molecule has 242 valence electrons. The summed E-state index contributed by atoms with van der Waals surface area (Å²) in [7, 11) is 0. The molecule has 11 aromatic rings. The van der Waals surface area contributed by atoms with Crippen molar-refractivity contribution in [2.45, 2.75) is 0 Å². The number of rotatable bonds is 4. The Balaban J connectivity index is 1.27. The Morgan fingerprint density at radius 2 is 0.923 bits per heavy atom. The van der Waals surface area contributed by atoms with Crippen molar-refractivity contribution in [3.8, 4) is 39.9 Å². The van der Waals surface area contributed by atoms with Crippen molar-refractivity contribution < 1.29 is 4.42 Å². The summed E-state index contributed by atoms with van der Waals surface area (Å²) in [5.74, 6) is 1.76. The second kappa shape index (κ2) is 11.2. The molecule has 11 rings (SSSR count). The second-order valence-corrected chi connectivity index (χ2v) is 13.3. The first-order valence-corrected chi connectivity index (χ1v) is 17.4. The summed E-state index contributed by atoms with van der Waals surface area (Å²) in [6, 6.07) is 59.3. The molecule has 3 heterocycles. The minimum absolute atomic E-state index is 0.550. The third-order valence-electron chi connectivity index (χ3n) is 10.2. The van der Waals surface area contributed by atoms with Crippen molar-refractivity contribution in [1.82, 2.24) is 19.5 Å². The van der Waals surface area contributed by atoms with Gasteiger partial charge >= 0.3 is 0 Å². The van der Waals surface area contributed by atoms with Crippen LogP contribution in [0.2, 0.25) is 0 Å². The van der Waals surface area contributed by atoms with E-state index in [2.05, 4.69) is 114 Å². The number of nitrogens with zero attached hydrogens (tertiary/aromatic N) is 4. The molecule has 0 amide bonds. The first kappa shape index (κ1) is 28.7. The largest absolute Gasteiger partial charge is 0.455 e. The third kappa shape index (κ3) is 4.46. The molecule has 8 aromatic carbocycles. The van der Waals surface area contributed by atoms with E-state index < -0.39 is 0 Å². The van der Waals surface area contributed by atoms with Gasteiger partial charge in [0.25, 0.3) is 0 Å². The van der Waals surface area contributed by atoms with E-state index in [1.54, 1.807) is 0 Å². The third-order valence-corrected chi connectivity index (χ3v) is 10.2. The topological polar surface area (TPSA) is 56.7 Å². The van der Waals surface area contributed by atoms with Gasteiger partial charge in [0.1, 0.15) is 11.2 Å². The fourth-order valence-electron chi connectivity index (χ4n) is 7.71. The molecule has 0 bridgehead atoms. The van der Waals surface area contributed by atoms with Crippen LogP contribution in [0.4, 0.5) is 0 Å². The molecule has 0 N–H and O–H groups in total. The van der Waals surface area contributed by atoms with Gasteiger partial charge in [-0.3, -0.25) is 0 Å². The van der Waals surface area contributed by atoms with Gasteiger partial charge in [0.05, 0.1) is 16.6 Å². The van der Waals surface area contributed by atoms with Crippen LogP contribution in [0.5, 0.6) is 0 Å². The highest BCUT2D eigenvalue weighted by molar-refractivity contribution is 6.16. The van der Waals surface area contributed by atoms with Gasteiger partial charge in [-0.1, -0.05) is 127 Å². The van der Waals surface area contributed by atoms with E-state index in [9.17, 15) is 0 Å². The highest BCUT2D eigenvalue weighted by Crippen LogP contribution is 2.42. The van der Waals surface area contributed by atoms with E-state index in [0.717, 1.165) is 66.1 Å². The molecule has 0 unspecified atom stereocenters.